The molecule has 142 valence electrons. The Hall–Kier alpha value is -1.39. The third kappa shape index (κ3) is 1.95. The van der Waals surface area contributed by atoms with Crippen LogP contribution in [0.25, 0.3) is 0 Å². The van der Waals surface area contributed by atoms with Gasteiger partial charge in [0.25, 0.3) is 0 Å². The molecule has 0 saturated heterocycles. The SMILES string of the molecule is CC(=O)[C@H]1CC[C@H]2[C@@H]3C[C@H](F)C4=CC(=O)CC[C@]4(C)[C@@]3(F)C(=O)C[C@]12C. The first-order valence-corrected chi connectivity index (χ1v) is 9.67. The number of allylic oxidation sites excluding steroid dienone is 1. The molecule has 7 atom stereocenters. The highest BCUT2D eigenvalue weighted by Gasteiger charge is 2.72. The number of carbonyl (C=O) groups excluding carboxylic acids is 3. The van der Waals surface area contributed by atoms with Gasteiger partial charge in [0.15, 0.2) is 17.2 Å². The summed E-state index contributed by atoms with van der Waals surface area (Å²) in [6, 6.07) is 0. The topological polar surface area (TPSA) is 51.2 Å². The van der Waals surface area contributed by atoms with E-state index in [9.17, 15) is 14.4 Å². The molecule has 3 fully saturated rings. The molecule has 3 saturated carbocycles. The van der Waals surface area contributed by atoms with E-state index in [2.05, 4.69) is 0 Å². The molecule has 0 aliphatic heterocycles. The predicted molar refractivity (Wildman–Crippen MR) is 91.9 cm³/mol. The largest absolute Gasteiger partial charge is 0.300 e. The van der Waals surface area contributed by atoms with E-state index in [1.165, 1.54) is 13.0 Å². The zero-order valence-corrected chi connectivity index (χ0v) is 15.6. The second kappa shape index (κ2) is 5.32. The van der Waals surface area contributed by atoms with E-state index >= 15 is 8.78 Å². The Morgan fingerprint density at radius 3 is 2.54 bits per heavy atom. The van der Waals surface area contributed by atoms with Crippen molar-refractivity contribution >= 4 is 17.3 Å². The van der Waals surface area contributed by atoms with Gasteiger partial charge in [-0.3, -0.25) is 14.4 Å². The van der Waals surface area contributed by atoms with Gasteiger partial charge in [-0.15, -0.1) is 0 Å². The molecule has 26 heavy (non-hydrogen) atoms. The maximum absolute atomic E-state index is 16.6. The average Bonchev–Trinajstić information content (AvgIpc) is 2.89. The van der Waals surface area contributed by atoms with Crippen LogP contribution in [0.15, 0.2) is 11.6 Å². The van der Waals surface area contributed by atoms with E-state index in [0.717, 1.165) is 0 Å². The molecule has 0 aromatic heterocycles. The van der Waals surface area contributed by atoms with Crippen molar-refractivity contribution in [2.75, 3.05) is 0 Å². The molecule has 5 heteroatoms. The molecule has 0 radical (unpaired) electrons. The lowest BCUT2D eigenvalue weighted by atomic mass is 9.44. The fraction of sp³-hybridized carbons (Fsp3) is 0.762. The van der Waals surface area contributed by atoms with Crippen molar-refractivity contribution in [3.8, 4) is 0 Å². The van der Waals surface area contributed by atoms with Crippen LogP contribution in [-0.2, 0) is 14.4 Å². The van der Waals surface area contributed by atoms with E-state index in [1.807, 2.05) is 6.92 Å². The van der Waals surface area contributed by atoms with Crippen LogP contribution in [0.1, 0.15) is 59.3 Å². The molecule has 3 nitrogen and oxygen atoms in total. The highest BCUT2D eigenvalue weighted by Crippen LogP contribution is 2.68. The van der Waals surface area contributed by atoms with Crippen molar-refractivity contribution in [2.24, 2.45) is 28.6 Å². The Labute approximate surface area is 152 Å². The van der Waals surface area contributed by atoms with E-state index < -0.39 is 34.4 Å². The summed E-state index contributed by atoms with van der Waals surface area (Å²) in [4.78, 5) is 37.1. The molecule has 0 bridgehead atoms. The molecule has 0 spiro atoms. The summed E-state index contributed by atoms with van der Waals surface area (Å²) in [5.74, 6) is -1.79. The number of rotatable bonds is 1. The summed E-state index contributed by atoms with van der Waals surface area (Å²) in [6.07, 6.45) is 1.44. The van der Waals surface area contributed by atoms with Gasteiger partial charge in [-0.05, 0) is 55.6 Å². The standard InChI is InChI=1S/C21H26F2O3/c1-11(24)13-4-5-14-15-9-17(22)16-8-12(25)6-7-20(16,3)21(15,23)18(26)10-19(13,14)2/h8,13-15,17H,4-7,9-10H2,1-3H3/t13-,14+,15+,17+,19-,20+,21+/m1/s1. The number of fused-ring (bicyclic) bond motifs is 5. The summed E-state index contributed by atoms with van der Waals surface area (Å²) >= 11 is 0. The summed E-state index contributed by atoms with van der Waals surface area (Å²) < 4.78 is 31.7. The highest BCUT2D eigenvalue weighted by atomic mass is 19.1. The molecule has 0 N–H and O–H groups in total. The first kappa shape index (κ1) is 18.0. The molecular weight excluding hydrogens is 338 g/mol. The van der Waals surface area contributed by atoms with Crippen LogP contribution in [0.3, 0.4) is 0 Å². The first-order chi connectivity index (χ1) is 12.1. The Morgan fingerprint density at radius 1 is 1.19 bits per heavy atom. The van der Waals surface area contributed by atoms with Crippen molar-refractivity contribution in [3.05, 3.63) is 11.6 Å². The number of halogens is 2. The van der Waals surface area contributed by atoms with Crippen molar-refractivity contribution < 1.29 is 23.2 Å². The molecule has 4 aliphatic carbocycles. The van der Waals surface area contributed by atoms with E-state index in [-0.39, 0.29) is 54.7 Å². The smallest absolute Gasteiger partial charge is 0.181 e. The minimum Gasteiger partial charge on any atom is -0.300 e. The van der Waals surface area contributed by atoms with Gasteiger partial charge >= 0.3 is 0 Å². The van der Waals surface area contributed by atoms with E-state index in [1.54, 1.807) is 6.92 Å². The van der Waals surface area contributed by atoms with Crippen LogP contribution < -0.4 is 0 Å². The fourth-order valence-corrected chi connectivity index (χ4v) is 6.95. The summed E-state index contributed by atoms with van der Waals surface area (Å²) in [5.41, 5.74) is -3.80. The van der Waals surface area contributed by atoms with Crippen LogP contribution in [0.2, 0.25) is 0 Å². The lowest BCUT2D eigenvalue weighted by molar-refractivity contribution is -0.177. The van der Waals surface area contributed by atoms with Crippen molar-refractivity contribution in [3.63, 3.8) is 0 Å². The normalized spacial score (nSPS) is 50.6. The van der Waals surface area contributed by atoms with Gasteiger partial charge in [-0.2, -0.15) is 0 Å². The Morgan fingerprint density at radius 2 is 1.88 bits per heavy atom. The Kier molecular flexibility index (Phi) is 3.69. The van der Waals surface area contributed by atoms with Crippen molar-refractivity contribution in [1.29, 1.82) is 0 Å². The lowest BCUT2D eigenvalue weighted by Gasteiger charge is -2.60. The molecule has 0 heterocycles. The second-order valence-corrected chi connectivity index (χ2v) is 9.37. The molecule has 4 aliphatic rings. The Bertz CT molecular complexity index is 744. The third-order valence-electron chi connectivity index (χ3n) is 8.27. The average molecular weight is 364 g/mol. The van der Waals surface area contributed by atoms with Gasteiger partial charge in [-0.25, -0.2) is 8.78 Å². The maximum Gasteiger partial charge on any atom is 0.181 e. The summed E-state index contributed by atoms with van der Waals surface area (Å²) in [5, 5.41) is 0. The summed E-state index contributed by atoms with van der Waals surface area (Å²) in [6.45, 7) is 5.08. The molecule has 0 unspecified atom stereocenters. The van der Waals surface area contributed by atoms with Crippen LogP contribution in [0.4, 0.5) is 8.78 Å². The van der Waals surface area contributed by atoms with E-state index in [4.69, 9.17) is 0 Å². The number of hydrogen-bond acceptors (Lipinski definition) is 3. The third-order valence-corrected chi connectivity index (χ3v) is 8.27. The van der Waals surface area contributed by atoms with Crippen LogP contribution in [-0.4, -0.2) is 29.2 Å². The molecule has 0 aromatic rings. The fourth-order valence-electron chi connectivity index (χ4n) is 6.95. The number of Topliss-reactive ketones (excluding diaryl/α,β-unsaturated/α-hetero) is 2. The first-order valence-electron chi connectivity index (χ1n) is 9.67. The number of carbonyl (C=O) groups is 3. The van der Waals surface area contributed by atoms with Crippen LogP contribution >= 0.6 is 0 Å². The predicted octanol–water partition coefficient (Wildman–Crippen LogP) is 3.94. The van der Waals surface area contributed by atoms with Gasteiger partial charge in [0.05, 0.1) is 0 Å². The zero-order valence-electron chi connectivity index (χ0n) is 15.6. The van der Waals surface area contributed by atoms with Gasteiger partial charge in [0, 0.05) is 30.1 Å². The molecule has 0 aromatic carbocycles. The number of alkyl halides is 2. The van der Waals surface area contributed by atoms with Gasteiger partial charge < -0.3 is 0 Å². The number of ketones is 3. The van der Waals surface area contributed by atoms with E-state index in [0.29, 0.717) is 12.8 Å². The lowest BCUT2D eigenvalue weighted by Crippen LogP contribution is -2.67. The monoisotopic (exact) mass is 364 g/mol. The second-order valence-electron chi connectivity index (χ2n) is 9.37. The maximum atomic E-state index is 16.6. The van der Waals surface area contributed by atoms with Crippen LogP contribution in [0.5, 0.6) is 0 Å². The minimum absolute atomic E-state index is 0.0304. The number of hydrogen-bond donors (Lipinski definition) is 0. The van der Waals surface area contributed by atoms with Crippen LogP contribution in [0, 0.1) is 28.6 Å². The van der Waals surface area contributed by atoms with Crippen molar-refractivity contribution in [2.45, 2.75) is 71.1 Å². The zero-order chi connectivity index (χ0) is 19.1. The van der Waals surface area contributed by atoms with Gasteiger partial charge in [-0.1, -0.05) is 13.8 Å². The van der Waals surface area contributed by atoms with Gasteiger partial charge in [0.2, 0.25) is 0 Å². The minimum atomic E-state index is -2.14. The summed E-state index contributed by atoms with van der Waals surface area (Å²) in [7, 11) is 0. The van der Waals surface area contributed by atoms with Crippen molar-refractivity contribution in [1.82, 2.24) is 0 Å². The molecule has 4 rings (SSSR count). The molecular formula is C21H26F2O3. The molecule has 0 amide bonds. The van der Waals surface area contributed by atoms with Gasteiger partial charge in [0.1, 0.15) is 12.0 Å². The highest BCUT2D eigenvalue weighted by molar-refractivity contribution is 5.96. The Balaban J connectivity index is 1.84. The quantitative estimate of drug-likeness (QED) is 0.708.